The molecule has 3 N–H and O–H groups in total. The van der Waals surface area contributed by atoms with E-state index in [1.165, 1.54) is 6.07 Å². The van der Waals surface area contributed by atoms with Crippen LogP contribution < -0.4 is 5.73 Å². The van der Waals surface area contributed by atoms with Crippen molar-refractivity contribution in [3.63, 3.8) is 0 Å². The van der Waals surface area contributed by atoms with Gasteiger partial charge >= 0.3 is 0 Å². The molecule has 0 unspecified atom stereocenters. The Kier molecular flexibility index (Phi) is 3.41. The van der Waals surface area contributed by atoms with E-state index in [4.69, 9.17) is 5.73 Å². The van der Waals surface area contributed by atoms with Crippen LogP contribution in [0.15, 0.2) is 10.5 Å². The normalized spacial score (nSPS) is 18.6. The van der Waals surface area contributed by atoms with E-state index in [1.54, 1.807) is 0 Å². The average molecular weight is 306 g/mol. The van der Waals surface area contributed by atoms with Gasteiger partial charge in [0, 0.05) is 12.0 Å². The maximum atomic E-state index is 13.9. The lowest BCUT2D eigenvalue weighted by Gasteiger charge is -2.28. The van der Waals surface area contributed by atoms with E-state index in [2.05, 4.69) is 15.9 Å². The summed E-state index contributed by atoms with van der Waals surface area (Å²) in [6.45, 7) is 0.292. The Hall–Kier alpha value is -0.680. The van der Waals surface area contributed by atoms with Gasteiger partial charge in [0.2, 0.25) is 5.82 Å². The van der Waals surface area contributed by atoms with Gasteiger partial charge in [-0.1, -0.05) is 12.8 Å². The number of hydrogen-bond donors (Lipinski definition) is 2. The summed E-state index contributed by atoms with van der Waals surface area (Å²) in [7, 11) is 0. The fraction of sp³-hybridized carbons (Fsp3) is 0.500. The number of aromatic hydroxyl groups is 1. The summed E-state index contributed by atoms with van der Waals surface area (Å²) in [5.41, 5.74) is 5.53. The largest absolute Gasteiger partial charge is 0.504 e. The Morgan fingerprint density at radius 2 is 1.88 bits per heavy atom. The summed E-state index contributed by atoms with van der Waals surface area (Å²) >= 11 is 3.03. The molecular weight excluding hydrogens is 292 g/mol. The predicted molar refractivity (Wildman–Crippen MR) is 64.9 cm³/mol. The van der Waals surface area contributed by atoms with Crippen LogP contribution in [0.3, 0.4) is 0 Å². The van der Waals surface area contributed by atoms with Crippen molar-refractivity contribution in [2.45, 2.75) is 31.1 Å². The van der Waals surface area contributed by atoms with Gasteiger partial charge < -0.3 is 10.8 Å². The summed E-state index contributed by atoms with van der Waals surface area (Å²) < 4.78 is 27.6. The molecule has 17 heavy (non-hydrogen) atoms. The first-order valence-corrected chi connectivity index (χ1v) is 6.38. The first-order chi connectivity index (χ1) is 8.02. The zero-order valence-electron chi connectivity index (χ0n) is 9.27. The highest BCUT2D eigenvalue weighted by molar-refractivity contribution is 9.10. The van der Waals surface area contributed by atoms with Crippen LogP contribution in [0.4, 0.5) is 8.78 Å². The van der Waals surface area contributed by atoms with Crippen molar-refractivity contribution in [1.82, 2.24) is 0 Å². The summed E-state index contributed by atoms with van der Waals surface area (Å²) in [5.74, 6) is -2.86. The molecule has 0 heterocycles. The molecular formula is C12H14BrF2NO. The quantitative estimate of drug-likeness (QED) is 0.824. The van der Waals surface area contributed by atoms with E-state index in [-0.39, 0.29) is 10.0 Å². The minimum Gasteiger partial charge on any atom is -0.504 e. The van der Waals surface area contributed by atoms with Crippen molar-refractivity contribution in [2.75, 3.05) is 6.54 Å². The molecule has 1 aliphatic carbocycles. The zero-order valence-corrected chi connectivity index (χ0v) is 10.9. The van der Waals surface area contributed by atoms with Crippen molar-refractivity contribution >= 4 is 15.9 Å². The Bertz CT molecular complexity index is 445. The van der Waals surface area contributed by atoms with Crippen LogP contribution in [0.25, 0.3) is 0 Å². The van der Waals surface area contributed by atoms with Crippen molar-refractivity contribution in [1.29, 1.82) is 0 Å². The molecule has 0 saturated heterocycles. The molecule has 0 bridgehead atoms. The first-order valence-electron chi connectivity index (χ1n) is 5.59. The average Bonchev–Trinajstić information content (AvgIpc) is 2.81. The molecule has 0 radical (unpaired) electrons. The van der Waals surface area contributed by atoms with Gasteiger partial charge in [0.25, 0.3) is 0 Å². The number of phenols is 1. The van der Waals surface area contributed by atoms with Gasteiger partial charge in [0.1, 0.15) is 0 Å². The second-order valence-electron chi connectivity index (χ2n) is 4.57. The fourth-order valence-electron chi connectivity index (χ4n) is 2.61. The maximum absolute atomic E-state index is 13.9. The summed E-state index contributed by atoms with van der Waals surface area (Å²) in [4.78, 5) is 0. The van der Waals surface area contributed by atoms with Gasteiger partial charge in [-0.15, -0.1) is 0 Å². The van der Waals surface area contributed by atoms with Gasteiger partial charge in [0.05, 0.1) is 4.47 Å². The molecule has 1 fully saturated rings. The highest BCUT2D eigenvalue weighted by Gasteiger charge is 2.38. The van der Waals surface area contributed by atoms with Crippen molar-refractivity contribution in [3.05, 3.63) is 27.7 Å². The van der Waals surface area contributed by atoms with Crippen LogP contribution in [0.2, 0.25) is 0 Å². The second-order valence-corrected chi connectivity index (χ2v) is 5.43. The van der Waals surface area contributed by atoms with Gasteiger partial charge in [-0.2, -0.15) is 4.39 Å². The molecule has 2 nitrogen and oxygen atoms in total. The molecule has 1 aromatic carbocycles. The Morgan fingerprint density at radius 1 is 1.29 bits per heavy atom. The molecule has 2 rings (SSSR count). The molecule has 0 amide bonds. The molecule has 0 atom stereocenters. The minimum absolute atomic E-state index is 0.172. The molecule has 0 aliphatic heterocycles. The minimum atomic E-state index is -1.20. The Morgan fingerprint density at radius 3 is 2.41 bits per heavy atom. The van der Waals surface area contributed by atoms with Gasteiger partial charge in [-0.25, -0.2) is 4.39 Å². The lowest BCUT2D eigenvalue weighted by atomic mass is 9.78. The standard InChI is InChI=1S/C12H14BrF2NO/c13-8-5-7(9(14)10(15)11(8)17)12(6-16)3-1-2-4-12/h5,17H,1-4,6,16H2. The third-order valence-electron chi connectivity index (χ3n) is 3.66. The molecule has 1 saturated carbocycles. The smallest absolute Gasteiger partial charge is 0.201 e. The van der Waals surface area contributed by atoms with Crippen LogP contribution in [-0.4, -0.2) is 11.7 Å². The Balaban J connectivity index is 2.59. The van der Waals surface area contributed by atoms with Gasteiger partial charge in [-0.3, -0.25) is 0 Å². The third-order valence-corrected chi connectivity index (χ3v) is 4.26. The number of hydrogen-bond acceptors (Lipinski definition) is 2. The monoisotopic (exact) mass is 305 g/mol. The van der Waals surface area contributed by atoms with Crippen LogP contribution in [0, 0.1) is 11.6 Å². The molecule has 0 spiro atoms. The maximum Gasteiger partial charge on any atom is 0.201 e. The van der Waals surface area contributed by atoms with Crippen LogP contribution in [0.1, 0.15) is 31.2 Å². The molecule has 1 aromatic rings. The number of benzene rings is 1. The van der Waals surface area contributed by atoms with Crippen LogP contribution >= 0.6 is 15.9 Å². The van der Waals surface area contributed by atoms with E-state index in [0.29, 0.717) is 6.54 Å². The summed E-state index contributed by atoms with van der Waals surface area (Å²) in [6.07, 6.45) is 3.46. The highest BCUT2D eigenvalue weighted by atomic mass is 79.9. The van der Waals surface area contributed by atoms with E-state index < -0.39 is 22.8 Å². The van der Waals surface area contributed by atoms with Crippen molar-refractivity contribution < 1.29 is 13.9 Å². The van der Waals surface area contributed by atoms with Crippen LogP contribution in [-0.2, 0) is 5.41 Å². The van der Waals surface area contributed by atoms with E-state index in [9.17, 15) is 13.9 Å². The van der Waals surface area contributed by atoms with E-state index in [1.807, 2.05) is 0 Å². The predicted octanol–water partition coefficient (Wildman–Crippen LogP) is 3.20. The van der Waals surface area contributed by atoms with Crippen molar-refractivity contribution in [2.24, 2.45) is 5.73 Å². The van der Waals surface area contributed by atoms with Crippen LogP contribution in [0.5, 0.6) is 5.75 Å². The Labute approximate surface area is 107 Å². The lowest BCUT2D eigenvalue weighted by Crippen LogP contribution is -2.33. The zero-order chi connectivity index (χ0) is 12.6. The number of phenolic OH excluding ortho intramolecular Hbond substituents is 1. The SMILES string of the molecule is NCC1(c2cc(Br)c(O)c(F)c2F)CCCC1. The van der Waals surface area contributed by atoms with Gasteiger partial charge in [0.15, 0.2) is 11.6 Å². The number of rotatable bonds is 2. The summed E-state index contributed by atoms with van der Waals surface area (Å²) in [6, 6.07) is 1.45. The van der Waals surface area contributed by atoms with E-state index >= 15 is 0 Å². The third kappa shape index (κ3) is 1.95. The fourth-order valence-corrected chi connectivity index (χ4v) is 3.01. The lowest BCUT2D eigenvalue weighted by molar-refractivity contribution is 0.376. The molecule has 1 aliphatic rings. The van der Waals surface area contributed by atoms with Gasteiger partial charge in [-0.05, 0) is 40.4 Å². The molecule has 5 heteroatoms. The topological polar surface area (TPSA) is 46.2 Å². The molecule has 0 aromatic heterocycles. The van der Waals surface area contributed by atoms with E-state index in [0.717, 1.165) is 25.7 Å². The second kappa shape index (κ2) is 4.53. The number of nitrogens with two attached hydrogens (primary N) is 1. The summed E-state index contributed by atoms with van der Waals surface area (Å²) in [5, 5.41) is 9.32. The highest BCUT2D eigenvalue weighted by Crippen LogP contribution is 2.44. The number of halogens is 3. The first kappa shape index (κ1) is 12.8. The molecule has 94 valence electrons. The van der Waals surface area contributed by atoms with Crippen molar-refractivity contribution in [3.8, 4) is 5.75 Å².